The molecule has 5 rings (SSSR count). The van der Waals surface area contributed by atoms with Crippen molar-refractivity contribution in [2.24, 2.45) is 0 Å². The van der Waals surface area contributed by atoms with Crippen molar-refractivity contribution in [1.29, 1.82) is 0 Å². The van der Waals surface area contributed by atoms with Crippen LogP contribution in [0, 0.1) is 17.0 Å². The number of para-hydroxylation sites is 1. The van der Waals surface area contributed by atoms with E-state index >= 15 is 0 Å². The predicted octanol–water partition coefficient (Wildman–Crippen LogP) is 3.54. The Balaban J connectivity index is 1.23. The number of carbonyl (C=O) groups is 1. The number of hydrogen-bond acceptors (Lipinski definition) is 7. The highest BCUT2D eigenvalue weighted by Crippen LogP contribution is 2.26. The van der Waals surface area contributed by atoms with Gasteiger partial charge in [-0.25, -0.2) is 0 Å². The first-order valence-electron chi connectivity index (χ1n) is 10.6. The van der Waals surface area contributed by atoms with Gasteiger partial charge in [0.1, 0.15) is 0 Å². The van der Waals surface area contributed by atoms with Crippen LogP contribution in [0.4, 0.5) is 11.4 Å². The number of aromatic nitrogens is 3. The molecular formula is C23H22N6O3S. The van der Waals surface area contributed by atoms with E-state index in [4.69, 9.17) is 0 Å². The van der Waals surface area contributed by atoms with Crippen LogP contribution in [0.3, 0.4) is 0 Å². The van der Waals surface area contributed by atoms with Gasteiger partial charge in [0, 0.05) is 49.4 Å². The lowest BCUT2D eigenvalue weighted by Crippen LogP contribution is -2.49. The Bertz CT molecular complexity index is 1350. The Morgan fingerprint density at radius 2 is 1.79 bits per heavy atom. The Labute approximate surface area is 194 Å². The fourth-order valence-electron chi connectivity index (χ4n) is 4.19. The summed E-state index contributed by atoms with van der Waals surface area (Å²) in [5.74, 6) is 0.358. The predicted molar refractivity (Wildman–Crippen MR) is 128 cm³/mol. The number of rotatable bonds is 5. The quantitative estimate of drug-likeness (QED) is 0.254. The summed E-state index contributed by atoms with van der Waals surface area (Å²) in [5.41, 5.74) is 3.96. The molecule has 1 aliphatic rings. The van der Waals surface area contributed by atoms with E-state index in [2.05, 4.69) is 28.1 Å². The highest BCUT2D eigenvalue weighted by molar-refractivity contribution is 7.99. The molecule has 0 bridgehead atoms. The number of amides is 1. The zero-order valence-corrected chi connectivity index (χ0v) is 18.9. The molecule has 9 nitrogen and oxygen atoms in total. The average Bonchev–Trinajstić information content (AvgIpc) is 3.25. The molecule has 2 aromatic heterocycles. The number of piperazine rings is 1. The third kappa shape index (κ3) is 4.09. The van der Waals surface area contributed by atoms with Crippen LogP contribution in [0.2, 0.25) is 0 Å². The first kappa shape index (κ1) is 21.2. The van der Waals surface area contributed by atoms with Crippen molar-refractivity contribution in [2.45, 2.75) is 12.1 Å². The molecule has 33 heavy (non-hydrogen) atoms. The van der Waals surface area contributed by atoms with E-state index in [9.17, 15) is 14.9 Å². The summed E-state index contributed by atoms with van der Waals surface area (Å²) in [5, 5.41) is 21.3. The highest BCUT2D eigenvalue weighted by atomic mass is 32.2. The van der Waals surface area contributed by atoms with Gasteiger partial charge in [-0.1, -0.05) is 30.0 Å². The van der Waals surface area contributed by atoms with Gasteiger partial charge in [-0.05, 0) is 36.8 Å². The average molecular weight is 463 g/mol. The third-order valence-corrected chi connectivity index (χ3v) is 6.87. The van der Waals surface area contributed by atoms with Crippen LogP contribution in [0.5, 0.6) is 0 Å². The lowest BCUT2D eigenvalue weighted by atomic mass is 10.1. The zero-order chi connectivity index (χ0) is 22.9. The highest BCUT2D eigenvalue weighted by Gasteiger charge is 2.22. The number of nitrogens with zero attached hydrogens (tertiary/aromatic N) is 6. The maximum atomic E-state index is 12.9. The second-order valence-corrected chi connectivity index (χ2v) is 8.89. The minimum atomic E-state index is -0.402. The SMILES string of the molecule is Cc1cc2nnc(SCC(=O)N3CCN(c4ccc([N+](=O)[O-])cc4)CC3)n2c2ccccc12. The van der Waals surface area contributed by atoms with Crippen LogP contribution < -0.4 is 4.90 Å². The number of benzene rings is 2. The topological polar surface area (TPSA) is 96.9 Å². The zero-order valence-electron chi connectivity index (χ0n) is 18.0. The standard InChI is InChI=1S/C23H22N6O3S/c1-16-14-21-24-25-23(28(21)20-5-3-2-4-19(16)20)33-15-22(30)27-12-10-26(11-13-27)17-6-8-18(9-7-17)29(31)32/h2-9,14H,10-13,15H2,1H3. The molecule has 0 radical (unpaired) electrons. The van der Waals surface area contributed by atoms with Gasteiger partial charge in [0.15, 0.2) is 10.8 Å². The molecule has 1 fully saturated rings. The summed E-state index contributed by atoms with van der Waals surface area (Å²) < 4.78 is 2.01. The van der Waals surface area contributed by atoms with Gasteiger partial charge in [-0.2, -0.15) is 0 Å². The Hall–Kier alpha value is -3.66. The molecular weight excluding hydrogens is 440 g/mol. The molecule has 2 aromatic carbocycles. The molecule has 3 heterocycles. The van der Waals surface area contributed by atoms with E-state index in [1.807, 2.05) is 33.6 Å². The molecule has 1 aliphatic heterocycles. The summed E-state index contributed by atoms with van der Waals surface area (Å²) in [7, 11) is 0. The van der Waals surface area contributed by atoms with Gasteiger partial charge in [0.2, 0.25) is 5.91 Å². The van der Waals surface area contributed by atoms with E-state index in [0.717, 1.165) is 27.8 Å². The molecule has 0 unspecified atom stereocenters. The normalized spacial score (nSPS) is 14.2. The second-order valence-electron chi connectivity index (χ2n) is 7.95. The molecule has 4 aromatic rings. The van der Waals surface area contributed by atoms with E-state index in [1.54, 1.807) is 12.1 Å². The van der Waals surface area contributed by atoms with Crippen LogP contribution in [-0.2, 0) is 4.79 Å². The number of hydrogen-bond donors (Lipinski definition) is 0. The summed E-state index contributed by atoms with van der Waals surface area (Å²) >= 11 is 1.40. The number of thioether (sulfide) groups is 1. The summed E-state index contributed by atoms with van der Waals surface area (Å²) in [6.45, 7) is 4.65. The van der Waals surface area contributed by atoms with E-state index in [1.165, 1.54) is 23.9 Å². The maximum absolute atomic E-state index is 12.9. The van der Waals surface area contributed by atoms with Gasteiger partial charge < -0.3 is 9.80 Å². The largest absolute Gasteiger partial charge is 0.368 e. The van der Waals surface area contributed by atoms with Crippen LogP contribution in [0.15, 0.2) is 59.8 Å². The van der Waals surface area contributed by atoms with Gasteiger partial charge in [0.05, 0.1) is 16.2 Å². The molecule has 0 atom stereocenters. The van der Waals surface area contributed by atoms with Crippen molar-refractivity contribution in [3.05, 3.63) is 70.3 Å². The van der Waals surface area contributed by atoms with Crippen molar-refractivity contribution in [2.75, 3.05) is 36.8 Å². The molecule has 1 saturated heterocycles. The number of nitro groups is 1. The number of non-ortho nitro benzene ring substituents is 1. The molecule has 10 heteroatoms. The smallest absolute Gasteiger partial charge is 0.269 e. The number of pyridine rings is 1. The second kappa shape index (κ2) is 8.70. The lowest BCUT2D eigenvalue weighted by molar-refractivity contribution is -0.384. The molecule has 0 spiro atoms. The Kier molecular flexibility index (Phi) is 5.59. The van der Waals surface area contributed by atoms with E-state index < -0.39 is 4.92 Å². The van der Waals surface area contributed by atoms with Crippen molar-refractivity contribution in [3.8, 4) is 0 Å². The van der Waals surface area contributed by atoms with Gasteiger partial charge in [0.25, 0.3) is 5.69 Å². The Morgan fingerprint density at radius 1 is 1.06 bits per heavy atom. The fourth-order valence-corrected chi connectivity index (χ4v) is 5.04. The minimum absolute atomic E-state index is 0.0662. The van der Waals surface area contributed by atoms with Crippen molar-refractivity contribution >= 4 is 45.6 Å². The van der Waals surface area contributed by atoms with Gasteiger partial charge >= 0.3 is 0 Å². The number of carbonyl (C=O) groups excluding carboxylic acids is 1. The van der Waals surface area contributed by atoms with Crippen LogP contribution in [0.25, 0.3) is 16.6 Å². The third-order valence-electron chi connectivity index (χ3n) is 5.96. The van der Waals surface area contributed by atoms with Crippen molar-refractivity contribution < 1.29 is 9.72 Å². The van der Waals surface area contributed by atoms with Gasteiger partial charge in [-0.3, -0.25) is 19.3 Å². The monoisotopic (exact) mass is 462 g/mol. The van der Waals surface area contributed by atoms with Crippen LogP contribution in [0.1, 0.15) is 5.56 Å². The fraction of sp³-hybridized carbons (Fsp3) is 0.261. The summed E-state index contributed by atoms with van der Waals surface area (Å²) in [6.07, 6.45) is 0. The van der Waals surface area contributed by atoms with Crippen molar-refractivity contribution in [3.63, 3.8) is 0 Å². The number of aryl methyl sites for hydroxylation is 1. The van der Waals surface area contributed by atoms with E-state index in [-0.39, 0.29) is 11.6 Å². The molecule has 168 valence electrons. The van der Waals surface area contributed by atoms with Crippen LogP contribution in [-0.4, -0.2) is 62.3 Å². The number of fused-ring (bicyclic) bond motifs is 3. The maximum Gasteiger partial charge on any atom is 0.269 e. The molecule has 0 N–H and O–H groups in total. The van der Waals surface area contributed by atoms with E-state index in [0.29, 0.717) is 37.1 Å². The lowest BCUT2D eigenvalue weighted by Gasteiger charge is -2.36. The molecule has 0 saturated carbocycles. The molecule has 0 aliphatic carbocycles. The number of anilines is 1. The summed E-state index contributed by atoms with van der Waals surface area (Å²) in [6, 6.07) is 16.7. The first-order chi connectivity index (χ1) is 16.0. The molecule has 1 amide bonds. The van der Waals surface area contributed by atoms with Gasteiger partial charge in [-0.15, -0.1) is 10.2 Å². The van der Waals surface area contributed by atoms with Crippen molar-refractivity contribution in [1.82, 2.24) is 19.5 Å². The minimum Gasteiger partial charge on any atom is -0.368 e. The van der Waals surface area contributed by atoms with Crippen LogP contribution >= 0.6 is 11.8 Å². The Morgan fingerprint density at radius 3 is 2.52 bits per heavy atom. The summed E-state index contributed by atoms with van der Waals surface area (Å²) in [4.78, 5) is 27.3. The first-order valence-corrected chi connectivity index (χ1v) is 11.6. The number of nitro benzene ring substituents is 1.